The summed E-state index contributed by atoms with van der Waals surface area (Å²) in [5.41, 5.74) is 1.69. The van der Waals surface area contributed by atoms with E-state index in [1.165, 1.54) is 16.2 Å². The van der Waals surface area contributed by atoms with Gasteiger partial charge in [-0.15, -0.1) is 11.3 Å². The first kappa shape index (κ1) is 21.0. The minimum Gasteiger partial charge on any atom is -0.338 e. The number of hydrogen-bond acceptors (Lipinski definition) is 5. The van der Waals surface area contributed by atoms with Crippen LogP contribution in [0.25, 0.3) is 0 Å². The highest BCUT2D eigenvalue weighted by Gasteiger charge is 2.44. The first-order valence-electron chi connectivity index (χ1n) is 10.2. The van der Waals surface area contributed by atoms with Crippen LogP contribution in [0.4, 0.5) is 10.5 Å². The number of hydrogen-bond donors (Lipinski definition) is 0. The molecule has 2 saturated heterocycles. The minimum absolute atomic E-state index is 0.0328. The van der Waals surface area contributed by atoms with E-state index in [0.29, 0.717) is 36.7 Å². The number of piperazine rings is 1. The Morgan fingerprint density at radius 3 is 2.26 bits per heavy atom. The summed E-state index contributed by atoms with van der Waals surface area (Å²) in [6, 6.07) is 9.83. The molecule has 0 spiro atoms. The third-order valence-corrected chi connectivity index (χ3v) is 6.56. The lowest BCUT2D eigenvalue weighted by molar-refractivity contribution is -0.138. The van der Waals surface area contributed by atoms with Crippen LogP contribution in [0.2, 0.25) is 0 Å². The van der Waals surface area contributed by atoms with Gasteiger partial charge in [0.15, 0.2) is 0 Å². The van der Waals surface area contributed by atoms with Crippen molar-refractivity contribution < 1.29 is 19.2 Å². The molecular formula is C22H24N4O4S. The smallest absolute Gasteiger partial charge is 0.332 e. The highest BCUT2D eigenvalue weighted by atomic mass is 32.1. The fourth-order valence-corrected chi connectivity index (χ4v) is 4.55. The Balaban J connectivity index is 1.37. The summed E-state index contributed by atoms with van der Waals surface area (Å²) >= 11 is 1.39. The summed E-state index contributed by atoms with van der Waals surface area (Å²) in [7, 11) is 0. The molecule has 5 amide bonds. The van der Waals surface area contributed by atoms with E-state index in [2.05, 4.69) is 0 Å². The quantitative estimate of drug-likeness (QED) is 0.683. The maximum absolute atomic E-state index is 12.9. The maximum Gasteiger partial charge on any atom is 0.332 e. The van der Waals surface area contributed by atoms with Gasteiger partial charge in [-0.1, -0.05) is 23.8 Å². The van der Waals surface area contributed by atoms with Crippen molar-refractivity contribution in [1.29, 1.82) is 0 Å². The van der Waals surface area contributed by atoms with Gasteiger partial charge in [-0.25, -0.2) is 4.79 Å². The van der Waals surface area contributed by atoms with Gasteiger partial charge in [0, 0.05) is 31.9 Å². The number of anilines is 1. The zero-order chi connectivity index (χ0) is 22.1. The number of rotatable bonds is 4. The van der Waals surface area contributed by atoms with Crippen molar-refractivity contribution in [3.05, 3.63) is 52.2 Å². The molecule has 1 aromatic carbocycles. The first-order valence-corrected chi connectivity index (χ1v) is 11.1. The van der Waals surface area contributed by atoms with Crippen LogP contribution in [0.3, 0.4) is 0 Å². The van der Waals surface area contributed by atoms with Gasteiger partial charge in [-0.05, 0) is 37.4 Å². The van der Waals surface area contributed by atoms with Crippen molar-refractivity contribution >= 4 is 40.8 Å². The number of carbonyl (C=O) groups excluding carboxylic acids is 4. The average Bonchev–Trinajstić information content (AvgIpc) is 3.38. The van der Waals surface area contributed by atoms with E-state index in [9.17, 15) is 19.2 Å². The van der Waals surface area contributed by atoms with Gasteiger partial charge in [0.25, 0.3) is 11.8 Å². The van der Waals surface area contributed by atoms with Gasteiger partial charge in [0.05, 0.1) is 4.88 Å². The van der Waals surface area contributed by atoms with Gasteiger partial charge >= 0.3 is 6.03 Å². The highest BCUT2D eigenvalue weighted by Crippen LogP contribution is 2.26. The van der Waals surface area contributed by atoms with Gasteiger partial charge < -0.3 is 9.80 Å². The number of urea groups is 1. The lowest BCUT2D eigenvalue weighted by Gasteiger charge is -2.35. The largest absolute Gasteiger partial charge is 0.338 e. The number of benzene rings is 1. The van der Waals surface area contributed by atoms with E-state index < -0.39 is 12.1 Å². The number of thiophene rings is 1. The molecule has 1 atom stereocenters. The fraction of sp³-hybridized carbons (Fsp3) is 0.364. The molecule has 0 bridgehead atoms. The Morgan fingerprint density at radius 2 is 1.65 bits per heavy atom. The number of carbonyl (C=O) groups is 4. The zero-order valence-corrected chi connectivity index (χ0v) is 18.3. The van der Waals surface area contributed by atoms with Crippen molar-refractivity contribution in [3.63, 3.8) is 0 Å². The summed E-state index contributed by atoms with van der Waals surface area (Å²) in [6.45, 7) is 4.94. The Morgan fingerprint density at radius 1 is 1.00 bits per heavy atom. The topological polar surface area (TPSA) is 81.2 Å². The molecule has 2 aliphatic rings. The lowest BCUT2D eigenvalue weighted by atomic mass is 10.2. The van der Waals surface area contributed by atoms with Gasteiger partial charge in [0.1, 0.15) is 12.6 Å². The third kappa shape index (κ3) is 4.05. The predicted molar refractivity (Wildman–Crippen MR) is 117 cm³/mol. The summed E-state index contributed by atoms with van der Waals surface area (Å²) in [5, 5.41) is 1.86. The van der Waals surface area contributed by atoms with Crippen LogP contribution < -0.4 is 4.90 Å². The molecule has 0 unspecified atom stereocenters. The maximum atomic E-state index is 12.9. The van der Waals surface area contributed by atoms with E-state index in [1.807, 2.05) is 30.5 Å². The number of imide groups is 1. The van der Waals surface area contributed by atoms with Crippen LogP contribution in [0, 0.1) is 6.92 Å². The van der Waals surface area contributed by atoms with E-state index in [1.54, 1.807) is 34.9 Å². The molecule has 0 radical (unpaired) electrons. The SMILES string of the molecule is Cc1ccc(N2C(=O)N(CC(=O)N3CCN(C(=O)c4cccs4)CC3)C(=O)[C@H]2C)cc1. The van der Waals surface area contributed by atoms with Gasteiger partial charge in [-0.3, -0.25) is 24.2 Å². The van der Waals surface area contributed by atoms with E-state index in [-0.39, 0.29) is 24.3 Å². The van der Waals surface area contributed by atoms with Gasteiger partial charge in [-0.2, -0.15) is 0 Å². The molecule has 2 fully saturated rings. The molecule has 162 valence electrons. The summed E-state index contributed by atoms with van der Waals surface area (Å²) in [6.07, 6.45) is 0. The van der Waals surface area contributed by atoms with Crippen molar-refractivity contribution in [2.75, 3.05) is 37.6 Å². The molecule has 0 aliphatic carbocycles. The Bertz CT molecular complexity index is 997. The lowest BCUT2D eigenvalue weighted by Crippen LogP contribution is -2.53. The molecule has 3 heterocycles. The Kier molecular flexibility index (Phi) is 5.77. The van der Waals surface area contributed by atoms with Crippen molar-refractivity contribution in [2.45, 2.75) is 19.9 Å². The molecule has 0 saturated carbocycles. The second-order valence-electron chi connectivity index (χ2n) is 7.74. The fourth-order valence-electron chi connectivity index (χ4n) is 3.86. The molecule has 8 nitrogen and oxygen atoms in total. The predicted octanol–water partition coefficient (Wildman–Crippen LogP) is 2.20. The molecule has 2 aliphatic heterocycles. The average molecular weight is 441 g/mol. The van der Waals surface area contributed by atoms with Crippen LogP contribution in [0.5, 0.6) is 0 Å². The normalized spacial score (nSPS) is 19.4. The van der Waals surface area contributed by atoms with Crippen molar-refractivity contribution in [1.82, 2.24) is 14.7 Å². The molecule has 4 rings (SSSR count). The number of nitrogens with zero attached hydrogens (tertiary/aromatic N) is 4. The molecule has 0 N–H and O–H groups in total. The second kappa shape index (κ2) is 8.50. The minimum atomic E-state index is -0.664. The summed E-state index contributed by atoms with van der Waals surface area (Å²) in [4.78, 5) is 57.3. The molecule has 2 aromatic rings. The van der Waals surface area contributed by atoms with E-state index in [0.717, 1.165) is 10.5 Å². The van der Waals surface area contributed by atoms with E-state index >= 15 is 0 Å². The summed E-state index contributed by atoms with van der Waals surface area (Å²) < 4.78 is 0. The van der Waals surface area contributed by atoms with Crippen LogP contribution in [-0.4, -0.2) is 77.2 Å². The molecular weight excluding hydrogens is 416 g/mol. The third-order valence-electron chi connectivity index (χ3n) is 5.70. The van der Waals surface area contributed by atoms with Crippen molar-refractivity contribution in [2.24, 2.45) is 0 Å². The van der Waals surface area contributed by atoms with Gasteiger partial charge in [0.2, 0.25) is 5.91 Å². The van der Waals surface area contributed by atoms with Crippen molar-refractivity contribution in [3.8, 4) is 0 Å². The Hall–Kier alpha value is -3.20. The Labute approximate surface area is 184 Å². The monoisotopic (exact) mass is 440 g/mol. The number of amides is 5. The highest BCUT2D eigenvalue weighted by molar-refractivity contribution is 7.12. The molecule has 1 aromatic heterocycles. The number of aryl methyl sites for hydroxylation is 1. The van der Waals surface area contributed by atoms with Crippen LogP contribution in [0.15, 0.2) is 41.8 Å². The molecule has 31 heavy (non-hydrogen) atoms. The second-order valence-corrected chi connectivity index (χ2v) is 8.69. The van der Waals surface area contributed by atoms with Crippen LogP contribution >= 0.6 is 11.3 Å². The zero-order valence-electron chi connectivity index (χ0n) is 17.5. The van der Waals surface area contributed by atoms with Crippen LogP contribution in [0.1, 0.15) is 22.2 Å². The standard InChI is InChI=1S/C22H24N4O4S/c1-15-5-7-17(8-6-15)26-16(2)20(28)25(22(26)30)14-19(27)23-9-11-24(12-10-23)21(29)18-4-3-13-31-18/h3-8,13,16H,9-12,14H2,1-2H3/t16-/m1/s1. The summed E-state index contributed by atoms with van der Waals surface area (Å²) in [5.74, 6) is -0.706. The first-order chi connectivity index (χ1) is 14.9. The molecule has 9 heteroatoms. The van der Waals surface area contributed by atoms with E-state index in [4.69, 9.17) is 0 Å². The van der Waals surface area contributed by atoms with Crippen LogP contribution in [-0.2, 0) is 9.59 Å².